The predicted molar refractivity (Wildman–Crippen MR) is 138 cm³/mol. The van der Waals surface area contributed by atoms with Crippen molar-refractivity contribution in [2.45, 2.75) is 63.7 Å². The SMILES string of the molecule is CC1CCCN(CCCOc2ccc(NC(=O)C3(c4ccc([N+](=O)[O-])cc4)CCCCC3)cc2)C1. The van der Waals surface area contributed by atoms with Gasteiger partial charge < -0.3 is 15.0 Å². The molecule has 7 nitrogen and oxygen atoms in total. The zero-order valence-corrected chi connectivity index (χ0v) is 20.7. The van der Waals surface area contributed by atoms with E-state index in [2.05, 4.69) is 17.1 Å². The van der Waals surface area contributed by atoms with Crippen LogP contribution in [0.4, 0.5) is 11.4 Å². The Labute approximate surface area is 208 Å². The molecule has 1 unspecified atom stereocenters. The van der Waals surface area contributed by atoms with E-state index in [1.165, 1.54) is 38.1 Å². The van der Waals surface area contributed by atoms with Crippen molar-refractivity contribution in [1.82, 2.24) is 4.90 Å². The molecule has 2 aromatic rings. The van der Waals surface area contributed by atoms with E-state index in [1.807, 2.05) is 24.3 Å². The number of amides is 1. The highest BCUT2D eigenvalue weighted by atomic mass is 16.6. The molecule has 4 rings (SSSR count). The van der Waals surface area contributed by atoms with Crippen LogP contribution in [0.5, 0.6) is 5.75 Å². The smallest absolute Gasteiger partial charge is 0.269 e. The van der Waals surface area contributed by atoms with E-state index in [9.17, 15) is 14.9 Å². The Morgan fingerprint density at radius 1 is 1.09 bits per heavy atom. The number of carbonyl (C=O) groups is 1. The van der Waals surface area contributed by atoms with Gasteiger partial charge >= 0.3 is 0 Å². The topological polar surface area (TPSA) is 84.7 Å². The molecule has 35 heavy (non-hydrogen) atoms. The lowest BCUT2D eigenvalue weighted by molar-refractivity contribution is -0.384. The summed E-state index contributed by atoms with van der Waals surface area (Å²) in [5.74, 6) is 1.55. The highest BCUT2D eigenvalue weighted by molar-refractivity contribution is 5.99. The lowest BCUT2D eigenvalue weighted by Crippen LogP contribution is -2.42. The second-order valence-electron chi connectivity index (χ2n) is 10.2. The van der Waals surface area contributed by atoms with E-state index >= 15 is 0 Å². The van der Waals surface area contributed by atoms with Gasteiger partial charge in [0.25, 0.3) is 5.69 Å². The maximum atomic E-state index is 13.5. The van der Waals surface area contributed by atoms with Gasteiger partial charge in [-0.25, -0.2) is 0 Å². The summed E-state index contributed by atoms with van der Waals surface area (Å²) in [4.78, 5) is 26.7. The number of nitrogens with zero attached hydrogens (tertiary/aromatic N) is 2. The number of nitro benzene ring substituents is 1. The van der Waals surface area contributed by atoms with E-state index in [0.717, 1.165) is 68.0 Å². The third kappa shape index (κ3) is 6.40. The molecule has 1 N–H and O–H groups in total. The van der Waals surface area contributed by atoms with Gasteiger partial charge in [0.1, 0.15) is 5.75 Å². The Balaban J connectivity index is 1.33. The minimum Gasteiger partial charge on any atom is -0.494 e. The minimum absolute atomic E-state index is 0.0428. The molecule has 1 saturated carbocycles. The number of piperidine rings is 1. The first kappa shape index (κ1) is 25.2. The molecule has 0 radical (unpaired) electrons. The van der Waals surface area contributed by atoms with Gasteiger partial charge in [0.2, 0.25) is 5.91 Å². The fourth-order valence-electron chi connectivity index (χ4n) is 5.56. The molecule has 1 aliphatic carbocycles. The van der Waals surface area contributed by atoms with E-state index in [0.29, 0.717) is 6.61 Å². The molecular weight excluding hydrogens is 442 g/mol. The van der Waals surface area contributed by atoms with Crippen LogP contribution >= 0.6 is 0 Å². The molecule has 7 heteroatoms. The number of anilines is 1. The highest BCUT2D eigenvalue weighted by Crippen LogP contribution is 2.41. The maximum absolute atomic E-state index is 13.5. The number of nitrogens with one attached hydrogen (secondary N) is 1. The predicted octanol–water partition coefficient (Wildman–Crippen LogP) is 5.94. The van der Waals surface area contributed by atoms with E-state index in [4.69, 9.17) is 4.74 Å². The summed E-state index contributed by atoms with van der Waals surface area (Å²) in [6.45, 7) is 6.46. The van der Waals surface area contributed by atoms with E-state index in [1.54, 1.807) is 12.1 Å². The van der Waals surface area contributed by atoms with Gasteiger partial charge in [-0.2, -0.15) is 0 Å². The monoisotopic (exact) mass is 479 g/mol. The van der Waals surface area contributed by atoms with Gasteiger partial charge in [0.05, 0.1) is 16.9 Å². The molecule has 1 aliphatic heterocycles. The molecule has 1 atom stereocenters. The van der Waals surface area contributed by atoms with Crippen molar-refractivity contribution in [1.29, 1.82) is 0 Å². The normalized spacial score (nSPS) is 20.2. The van der Waals surface area contributed by atoms with Crippen LogP contribution in [0.25, 0.3) is 0 Å². The Morgan fingerprint density at radius 2 is 1.80 bits per heavy atom. The van der Waals surface area contributed by atoms with Crippen LogP contribution in [0.2, 0.25) is 0 Å². The fourth-order valence-corrected chi connectivity index (χ4v) is 5.56. The molecule has 0 bridgehead atoms. The van der Waals surface area contributed by atoms with Gasteiger partial charge in [-0.3, -0.25) is 14.9 Å². The molecule has 2 fully saturated rings. The maximum Gasteiger partial charge on any atom is 0.269 e. The number of hydrogen-bond donors (Lipinski definition) is 1. The minimum atomic E-state index is -0.658. The van der Waals surface area contributed by atoms with Crippen LogP contribution in [0.15, 0.2) is 48.5 Å². The van der Waals surface area contributed by atoms with Crippen molar-refractivity contribution >= 4 is 17.3 Å². The summed E-state index contributed by atoms with van der Waals surface area (Å²) in [5.41, 5.74) is 0.968. The van der Waals surface area contributed by atoms with E-state index < -0.39 is 10.3 Å². The van der Waals surface area contributed by atoms with Crippen molar-refractivity contribution in [3.63, 3.8) is 0 Å². The van der Waals surface area contributed by atoms with Gasteiger partial charge in [0.15, 0.2) is 0 Å². The molecule has 0 spiro atoms. The quantitative estimate of drug-likeness (QED) is 0.273. The molecule has 2 aliphatic rings. The second-order valence-corrected chi connectivity index (χ2v) is 10.2. The number of nitro groups is 1. The van der Waals surface area contributed by atoms with Gasteiger partial charge in [-0.05, 0) is 74.4 Å². The first-order valence-corrected chi connectivity index (χ1v) is 13.0. The van der Waals surface area contributed by atoms with Crippen molar-refractivity contribution in [3.8, 4) is 5.75 Å². The van der Waals surface area contributed by atoms with Crippen LogP contribution in [-0.2, 0) is 10.2 Å². The van der Waals surface area contributed by atoms with E-state index in [-0.39, 0.29) is 11.6 Å². The van der Waals surface area contributed by atoms with Crippen LogP contribution in [0, 0.1) is 16.0 Å². The average Bonchev–Trinajstić information content (AvgIpc) is 2.88. The van der Waals surface area contributed by atoms with Crippen LogP contribution < -0.4 is 10.1 Å². The summed E-state index contributed by atoms with van der Waals surface area (Å²) >= 11 is 0. The Morgan fingerprint density at radius 3 is 2.46 bits per heavy atom. The number of carbonyl (C=O) groups excluding carboxylic acids is 1. The Hall–Kier alpha value is -2.93. The summed E-state index contributed by atoms with van der Waals surface area (Å²) in [5, 5.41) is 14.1. The third-order valence-electron chi connectivity index (χ3n) is 7.51. The molecule has 1 amide bonds. The van der Waals surface area contributed by atoms with Crippen molar-refractivity contribution in [3.05, 3.63) is 64.2 Å². The molecule has 188 valence electrons. The lowest BCUT2D eigenvalue weighted by Gasteiger charge is -2.36. The number of rotatable bonds is 9. The first-order valence-electron chi connectivity index (χ1n) is 13.0. The fraction of sp³-hybridized carbons (Fsp3) is 0.536. The number of hydrogen-bond acceptors (Lipinski definition) is 5. The highest BCUT2D eigenvalue weighted by Gasteiger charge is 2.41. The third-order valence-corrected chi connectivity index (χ3v) is 7.51. The Kier molecular flexibility index (Phi) is 8.39. The largest absolute Gasteiger partial charge is 0.494 e. The van der Waals surface area contributed by atoms with Crippen LogP contribution in [0.3, 0.4) is 0 Å². The molecule has 1 saturated heterocycles. The van der Waals surface area contributed by atoms with Gasteiger partial charge in [0, 0.05) is 30.9 Å². The number of non-ortho nitro benzene ring substituents is 1. The summed E-state index contributed by atoms with van der Waals surface area (Å²) < 4.78 is 5.93. The number of ether oxygens (including phenoxy) is 1. The van der Waals surface area contributed by atoms with Crippen LogP contribution in [-0.4, -0.2) is 42.0 Å². The Bertz CT molecular complexity index is 984. The standard InChI is InChI=1S/C28H37N3O4/c1-22-7-5-18-30(21-22)19-6-20-35-26-14-10-24(11-15-26)29-27(32)28(16-3-2-4-17-28)23-8-12-25(13-9-23)31(33)34/h8-15,22H,2-7,16-21H2,1H3,(H,29,32). The zero-order valence-electron chi connectivity index (χ0n) is 20.7. The second kappa shape index (κ2) is 11.7. The summed E-state index contributed by atoms with van der Waals surface area (Å²) in [7, 11) is 0. The molecular formula is C28H37N3O4. The number of benzene rings is 2. The zero-order chi connectivity index (χ0) is 24.7. The lowest BCUT2D eigenvalue weighted by atomic mass is 9.68. The van der Waals surface area contributed by atoms with Gasteiger partial charge in [-0.15, -0.1) is 0 Å². The average molecular weight is 480 g/mol. The molecule has 1 heterocycles. The number of likely N-dealkylation sites (tertiary alicyclic amines) is 1. The summed E-state index contributed by atoms with van der Waals surface area (Å²) in [6, 6.07) is 14.0. The van der Waals surface area contributed by atoms with Crippen molar-refractivity contribution < 1.29 is 14.5 Å². The van der Waals surface area contributed by atoms with Crippen molar-refractivity contribution in [2.24, 2.45) is 5.92 Å². The van der Waals surface area contributed by atoms with Crippen LogP contribution in [0.1, 0.15) is 63.9 Å². The molecule has 2 aromatic carbocycles. The van der Waals surface area contributed by atoms with Gasteiger partial charge in [-0.1, -0.05) is 38.3 Å². The van der Waals surface area contributed by atoms with Crippen molar-refractivity contribution in [2.75, 3.05) is 31.6 Å². The molecule has 0 aromatic heterocycles. The first-order chi connectivity index (χ1) is 17.0. The summed E-state index contributed by atoms with van der Waals surface area (Å²) in [6.07, 6.45) is 8.15.